The van der Waals surface area contributed by atoms with Gasteiger partial charge in [0.1, 0.15) is 0 Å². The minimum Gasteiger partial charge on any atom is -0.348 e. The predicted molar refractivity (Wildman–Crippen MR) is 93.6 cm³/mol. The molecular formula is C17H24N6O2. The Morgan fingerprint density at radius 1 is 1.40 bits per heavy atom. The zero-order valence-corrected chi connectivity index (χ0v) is 14.4. The van der Waals surface area contributed by atoms with E-state index in [0.29, 0.717) is 29.5 Å². The molecule has 8 heteroatoms. The van der Waals surface area contributed by atoms with Crippen LogP contribution in [0.2, 0.25) is 0 Å². The van der Waals surface area contributed by atoms with E-state index in [-0.39, 0.29) is 17.5 Å². The molecule has 2 aromatic heterocycles. The summed E-state index contributed by atoms with van der Waals surface area (Å²) in [6, 6.07) is 2.92. The van der Waals surface area contributed by atoms with Gasteiger partial charge in [-0.3, -0.25) is 9.59 Å². The number of aromatic amines is 1. The van der Waals surface area contributed by atoms with Crippen LogP contribution in [0.1, 0.15) is 48.2 Å². The maximum absolute atomic E-state index is 12.7. The molecule has 1 aliphatic rings. The van der Waals surface area contributed by atoms with Gasteiger partial charge in [-0.1, -0.05) is 19.3 Å². The highest BCUT2D eigenvalue weighted by atomic mass is 16.2. The van der Waals surface area contributed by atoms with E-state index in [1.54, 1.807) is 13.0 Å². The molecule has 1 aliphatic carbocycles. The van der Waals surface area contributed by atoms with Crippen molar-refractivity contribution < 1.29 is 4.79 Å². The molecule has 0 bridgehead atoms. The lowest BCUT2D eigenvalue weighted by Gasteiger charge is -2.30. The quantitative estimate of drug-likeness (QED) is 0.745. The Morgan fingerprint density at radius 3 is 2.80 bits per heavy atom. The SMILES string of the molecule is Cc1c(C(=O)NC(CN)C2CCCCC2)cnn1-c1ccc(=O)[nH]n1. The number of aromatic nitrogens is 4. The molecule has 1 amide bonds. The normalized spacial score (nSPS) is 16.6. The van der Waals surface area contributed by atoms with Crippen molar-refractivity contribution in [2.45, 2.75) is 45.1 Å². The molecule has 0 radical (unpaired) electrons. The number of carbonyl (C=O) groups is 1. The third-order valence-electron chi connectivity index (χ3n) is 4.93. The van der Waals surface area contributed by atoms with Crippen LogP contribution in [0.15, 0.2) is 23.1 Å². The zero-order chi connectivity index (χ0) is 17.8. The van der Waals surface area contributed by atoms with Crippen molar-refractivity contribution in [1.82, 2.24) is 25.3 Å². The van der Waals surface area contributed by atoms with Crippen LogP contribution in [-0.2, 0) is 0 Å². The molecule has 8 nitrogen and oxygen atoms in total. The highest BCUT2D eigenvalue weighted by Gasteiger charge is 2.25. The molecule has 1 saturated carbocycles. The Kier molecular flexibility index (Phi) is 5.28. The number of carbonyl (C=O) groups excluding carboxylic acids is 1. The summed E-state index contributed by atoms with van der Waals surface area (Å²) in [4.78, 5) is 23.8. The van der Waals surface area contributed by atoms with Gasteiger partial charge in [0, 0.05) is 18.7 Å². The van der Waals surface area contributed by atoms with Crippen molar-refractivity contribution in [3.8, 4) is 5.82 Å². The summed E-state index contributed by atoms with van der Waals surface area (Å²) in [5.74, 6) is 0.729. The standard InChI is InChI=1S/C17H24N6O2/c1-11-13(10-19-23(11)15-7-8-16(24)22-21-15)17(25)20-14(9-18)12-5-3-2-4-6-12/h7-8,10,12,14H,2-6,9,18H2,1H3,(H,20,25)(H,22,24). The minimum absolute atomic E-state index is 0.0123. The second-order valence-electron chi connectivity index (χ2n) is 6.55. The van der Waals surface area contributed by atoms with Crippen LogP contribution in [-0.4, -0.2) is 38.5 Å². The van der Waals surface area contributed by atoms with E-state index in [1.807, 2.05) is 0 Å². The fourth-order valence-electron chi connectivity index (χ4n) is 3.47. The summed E-state index contributed by atoms with van der Waals surface area (Å²) in [5, 5.41) is 13.6. The summed E-state index contributed by atoms with van der Waals surface area (Å²) >= 11 is 0. The first-order valence-corrected chi connectivity index (χ1v) is 8.72. The topological polar surface area (TPSA) is 119 Å². The number of hydrogen-bond acceptors (Lipinski definition) is 5. The molecule has 0 aromatic carbocycles. The maximum Gasteiger partial charge on any atom is 0.264 e. The highest BCUT2D eigenvalue weighted by molar-refractivity contribution is 5.95. The molecule has 0 spiro atoms. The van der Waals surface area contributed by atoms with Crippen LogP contribution >= 0.6 is 0 Å². The fraction of sp³-hybridized carbons (Fsp3) is 0.529. The Morgan fingerprint density at radius 2 is 2.16 bits per heavy atom. The minimum atomic E-state index is -0.287. The van der Waals surface area contributed by atoms with Gasteiger partial charge >= 0.3 is 0 Å². The average Bonchev–Trinajstić information content (AvgIpc) is 3.02. The van der Waals surface area contributed by atoms with E-state index in [2.05, 4.69) is 20.6 Å². The molecule has 2 aromatic rings. The highest BCUT2D eigenvalue weighted by Crippen LogP contribution is 2.26. The van der Waals surface area contributed by atoms with Crippen molar-refractivity contribution in [3.05, 3.63) is 39.9 Å². The molecule has 1 atom stereocenters. The largest absolute Gasteiger partial charge is 0.348 e. The summed E-state index contributed by atoms with van der Waals surface area (Å²) in [5.41, 5.74) is 6.76. The number of H-pyrrole nitrogens is 1. The third kappa shape index (κ3) is 3.79. The van der Waals surface area contributed by atoms with Crippen molar-refractivity contribution >= 4 is 5.91 Å². The van der Waals surface area contributed by atoms with Crippen molar-refractivity contribution in [2.75, 3.05) is 6.54 Å². The summed E-state index contributed by atoms with van der Waals surface area (Å²) in [6.07, 6.45) is 7.41. The van der Waals surface area contributed by atoms with Gasteiger partial charge in [-0.25, -0.2) is 9.78 Å². The Bertz CT molecular complexity index is 770. The second kappa shape index (κ2) is 7.60. The summed E-state index contributed by atoms with van der Waals surface area (Å²) in [7, 11) is 0. The molecule has 2 heterocycles. The monoisotopic (exact) mass is 344 g/mol. The van der Waals surface area contributed by atoms with Gasteiger partial charge in [-0.2, -0.15) is 10.2 Å². The second-order valence-corrected chi connectivity index (χ2v) is 6.55. The Balaban J connectivity index is 1.76. The van der Waals surface area contributed by atoms with Crippen LogP contribution in [0.3, 0.4) is 0 Å². The van der Waals surface area contributed by atoms with Crippen LogP contribution in [0.5, 0.6) is 0 Å². The van der Waals surface area contributed by atoms with E-state index in [0.717, 1.165) is 12.8 Å². The van der Waals surface area contributed by atoms with Crippen LogP contribution < -0.4 is 16.6 Å². The summed E-state index contributed by atoms with van der Waals surface area (Å²) in [6.45, 7) is 2.23. The maximum atomic E-state index is 12.7. The molecule has 25 heavy (non-hydrogen) atoms. The van der Waals surface area contributed by atoms with Crippen molar-refractivity contribution in [1.29, 1.82) is 0 Å². The molecule has 0 saturated heterocycles. The molecule has 1 fully saturated rings. The van der Waals surface area contributed by atoms with Gasteiger partial charge in [0.2, 0.25) is 0 Å². The zero-order valence-electron chi connectivity index (χ0n) is 14.4. The number of hydrogen-bond donors (Lipinski definition) is 3. The summed E-state index contributed by atoms with van der Waals surface area (Å²) < 4.78 is 1.53. The first-order chi connectivity index (χ1) is 12.1. The van der Waals surface area contributed by atoms with Gasteiger partial charge < -0.3 is 11.1 Å². The first kappa shape index (κ1) is 17.3. The lowest BCUT2D eigenvalue weighted by atomic mass is 9.84. The molecule has 4 N–H and O–H groups in total. The van der Waals surface area contributed by atoms with E-state index in [9.17, 15) is 9.59 Å². The van der Waals surface area contributed by atoms with Gasteiger partial charge in [0.25, 0.3) is 11.5 Å². The smallest absolute Gasteiger partial charge is 0.264 e. The van der Waals surface area contributed by atoms with E-state index in [1.165, 1.54) is 36.2 Å². The number of amides is 1. The van der Waals surface area contributed by atoms with E-state index >= 15 is 0 Å². The molecular weight excluding hydrogens is 320 g/mol. The van der Waals surface area contributed by atoms with Crippen LogP contribution in [0, 0.1) is 12.8 Å². The van der Waals surface area contributed by atoms with Crippen molar-refractivity contribution in [2.24, 2.45) is 11.7 Å². The van der Waals surface area contributed by atoms with Gasteiger partial charge in [0.05, 0.1) is 17.5 Å². The van der Waals surface area contributed by atoms with Crippen LogP contribution in [0.4, 0.5) is 0 Å². The molecule has 1 unspecified atom stereocenters. The Labute approximate surface area is 145 Å². The third-order valence-corrected chi connectivity index (χ3v) is 4.93. The van der Waals surface area contributed by atoms with E-state index < -0.39 is 0 Å². The van der Waals surface area contributed by atoms with Gasteiger partial charge in [-0.15, -0.1) is 0 Å². The lowest BCUT2D eigenvalue weighted by molar-refractivity contribution is 0.0915. The van der Waals surface area contributed by atoms with Gasteiger partial charge in [-0.05, 0) is 31.7 Å². The predicted octanol–water partition coefficient (Wildman–Crippen LogP) is 0.901. The van der Waals surface area contributed by atoms with Crippen LogP contribution in [0.25, 0.3) is 5.82 Å². The fourth-order valence-corrected chi connectivity index (χ4v) is 3.47. The van der Waals surface area contributed by atoms with E-state index in [4.69, 9.17) is 5.73 Å². The number of nitrogens with one attached hydrogen (secondary N) is 2. The molecule has 3 rings (SSSR count). The van der Waals surface area contributed by atoms with Crippen molar-refractivity contribution in [3.63, 3.8) is 0 Å². The molecule has 0 aliphatic heterocycles. The first-order valence-electron chi connectivity index (χ1n) is 8.72. The van der Waals surface area contributed by atoms with Gasteiger partial charge in [0.15, 0.2) is 5.82 Å². The lowest BCUT2D eigenvalue weighted by Crippen LogP contribution is -2.46. The Hall–Kier alpha value is -2.48. The molecule has 134 valence electrons. The number of nitrogens with two attached hydrogens (primary N) is 1. The number of rotatable bonds is 5. The number of nitrogens with zero attached hydrogens (tertiary/aromatic N) is 3. The average molecular weight is 344 g/mol.